The Kier molecular flexibility index (Phi) is 7.71. The van der Waals surface area contributed by atoms with Gasteiger partial charge in [-0.1, -0.05) is 28.9 Å². The number of nitrogens with one attached hydrogen (secondary N) is 1. The van der Waals surface area contributed by atoms with Crippen molar-refractivity contribution in [3.8, 4) is 22.9 Å². The van der Waals surface area contributed by atoms with Crippen LogP contribution in [0.2, 0.25) is 5.02 Å². The van der Waals surface area contributed by atoms with E-state index in [1.54, 1.807) is 12.1 Å². The molecule has 2 aromatic carbocycles. The molecule has 2 N–H and O–H groups in total. The Bertz CT molecular complexity index is 1170. The van der Waals surface area contributed by atoms with Gasteiger partial charge in [0.1, 0.15) is 18.1 Å². The van der Waals surface area contributed by atoms with Crippen LogP contribution in [0.4, 0.5) is 4.79 Å². The summed E-state index contributed by atoms with van der Waals surface area (Å²) >= 11 is 5.84. The summed E-state index contributed by atoms with van der Waals surface area (Å²) in [6.07, 6.45) is 4.56. The van der Waals surface area contributed by atoms with Gasteiger partial charge in [0.05, 0.1) is 24.3 Å². The number of aromatic nitrogens is 2. The highest BCUT2D eigenvalue weighted by molar-refractivity contribution is 6.30. The molecule has 2 fully saturated rings. The average molecular weight is 501 g/mol. The molecule has 0 aliphatic carbocycles. The van der Waals surface area contributed by atoms with Gasteiger partial charge in [0.25, 0.3) is 5.91 Å². The summed E-state index contributed by atoms with van der Waals surface area (Å²) in [5.41, 5.74) is 1.39. The highest BCUT2D eigenvalue weighted by Gasteiger charge is 2.34. The third-order valence-corrected chi connectivity index (χ3v) is 6.04. The van der Waals surface area contributed by atoms with Crippen molar-refractivity contribution in [3.05, 3.63) is 58.9 Å². The minimum Gasteiger partial charge on any atom is -0.507 e. The molecule has 0 saturated carbocycles. The van der Waals surface area contributed by atoms with E-state index in [1.165, 1.54) is 25.7 Å². The summed E-state index contributed by atoms with van der Waals surface area (Å²) in [7, 11) is 1.43. The summed E-state index contributed by atoms with van der Waals surface area (Å²) in [6, 6.07) is 10.3. The summed E-state index contributed by atoms with van der Waals surface area (Å²) in [4.78, 5) is 29.1. The molecule has 10 nitrogen and oxygen atoms in total. The maximum Gasteiger partial charge on any atom is 0.410 e. The predicted molar refractivity (Wildman–Crippen MR) is 126 cm³/mol. The quantitative estimate of drug-likeness (QED) is 0.537. The molecule has 0 radical (unpaired) electrons. The van der Waals surface area contributed by atoms with Crippen LogP contribution in [0.3, 0.4) is 0 Å². The highest BCUT2D eigenvalue weighted by atomic mass is 35.5. The molecule has 2 aliphatic rings. The lowest BCUT2D eigenvalue weighted by atomic mass is 10.0. The lowest BCUT2D eigenvalue weighted by Crippen LogP contribution is -2.37. The molecule has 2 saturated heterocycles. The highest BCUT2D eigenvalue weighted by Crippen LogP contribution is 2.33. The molecular weight excluding hydrogens is 476 g/mol. The van der Waals surface area contributed by atoms with E-state index in [1.807, 2.05) is 17.0 Å². The van der Waals surface area contributed by atoms with Gasteiger partial charge in [-0.05, 0) is 49.1 Å². The molecule has 35 heavy (non-hydrogen) atoms. The number of aromatic hydroxyl groups is 1. The Labute approximate surface area is 206 Å². The van der Waals surface area contributed by atoms with Crippen LogP contribution < -0.4 is 10.1 Å². The first-order valence-electron chi connectivity index (χ1n) is 11.1. The largest absolute Gasteiger partial charge is 0.507 e. The number of phenolic OH excluding ortho intramolecular Hbond substituents is 1. The number of piperidine rings is 1. The van der Waals surface area contributed by atoms with Gasteiger partial charge >= 0.3 is 6.09 Å². The second kappa shape index (κ2) is 11.1. The Morgan fingerprint density at radius 1 is 1.29 bits per heavy atom. The van der Waals surface area contributed by atoms with Crippen LogP contribution in [-0.2, 0) is 11.3 Å². The molecule has 0 spiro atoms. The fourth-order valence-corrected chi connectivity index (χ4v) is 4.05. The number of amides is 2. The summed E-state index contributed by atoms with van der Waals surface area (Å²) in [6.45, 7) is 1.84. The molecule has 2 amide bonds. The molecule has 5 rings (SSSR count). The van der Waals surface area contributed by atoms with Crippen LogP contribution in [-0.4, -0.2) is 58.5 Å². The summed E-state index contributed by atoms with van der Waals surface area (Å²) in [5, 5.41) is 17.2. The number of rotatable bonds is 5. The number of halogens is 1. The zero-order valence-corrected chi connectivity index (χ0v) is 19.8. The molecule has 3 heterocycles. The molecule has 1 aromatic heterocycles. The Morgan fingerprint density at radius 2 is 2.09 bits per heavy atom. The molecule has 3 aromatic rings. The number of nitrogens with zero attached hydrogens (tertiary/aromatic N) is 3. The van der Waals surface area contributed by atoms with Crippen molar-refractivity contribution in [1.29, 1.82) is 0 Å². The maximum atomic E-state index is 12.4. The van der Waals surface area contributed by atoms with Gasteiger partial charge in [-0.25, -0.2) is 4.79 Å². The Hall–Kier alpha value is -3.79. The SMILES string of the molecule is COc1cc(-c2ncon2)c(O)cc1C(=O)NCc1ccc(Cl)cc1.O=C1OC[C@@H]2CCCCN12. The van der Waals surface area contributed by atoms with Gasteiger partial charge in [0.15, 0.2) is 0 Å². The van der Waals surface area contributed by atoms with Crippen molar-refractivity contribution in [2.45, 2.75) is 31.8 Å². The first kappa shape index (κ1) is 24.3. The summed E-state index contributed by atoms with van der Waals surface area (Å²) < 4.78 is 14.8. The number of cyclic esters (lactones) is 1. The zero-order chi connectivity index (χ0) is 24.8. The molecule has 11 heteroatoms. The van der Waals surface area contributed by atoms with Crippen LogP contribution in [0.1, 0.15) is 35.2 Å². The number of carbonyl (C=O) groups is 2. The minimum absolute atomic E-state index is 0.107. The van der Waals surface area contributed by atoms with Crippen molar-refractivity contribution in [2.24, 2.45) is 0 Å². The molecular formula is C24H25ClN4O6. The topological polar surface area (TPSA) is 127 Å². The fraction of sp³-hybridized carbons (Fsp3) is 0.333. The zero-order valence-electron chi connectivity index (χ0n) is 19.1. The smallest absolute Gasteiger partial charge is 0.410 e. The third-order valence-electron chi connectivity index (χ3n) is 5.79. The lowest BCUT2D eigenvalue weighted by molar-refractivity contribution is 0.0947. The van der Waals surface area contributed by atoms with E-state index in [-0.39, 0.29) is 34.9 Å². The first-order valence-corrected chi connectivity index (χ1v) is 11.5. The van der Waals surface area contributed by atoms with E-state index in [4.69, 9.17) is 21.1 Å². The van der Waals surface area contributed by atoms with Crippen molar-refractivity contribution in [3.63, 3.8) is 0 Å². The van der Waals surface area contributed by atoms with Crippen LogP contribution >= 0.6 is 11.6 Å². The van der Waals surface area contributed by atoms with Gasteiger partial charge in [-0.15, -0.1) is 0 Å². The van der Waals surface area contributed by atoms with E-state index in [0.717, 1.165) is 31.3 Å². The van der Waals surface area contributed by atoms with Gasteiger partial charge in [0, 0.05) is 18.1 Å². The molecule has 184 valence electrons. The van der Waals surface area contributed by atoms with E-state index < -0.39 is 0 Å². The minimum atomic E-state index is -0.387. The number of hydrogen-bond acceptors (Lipinski definition) is 8. The maximum absolute atomic E-state index is 12.4. The normalized spacial score (nSPS) is 16.6. The average Bonchev–Trinajstić information content (AvgIpc) is 3.54. The van der Waals surface area contributed by atoms with Crippen molar-refractivity contribution >= 4 is 23.6 Å². The number of methoxy groups -OCH3 is 1. The lowest BCUT2D eigenvalue weighted by Gasteiger charge is -2.25. The van der Waals surface area contributed by atoms with E-state index in [0.29, 0.717) is 29.8 Å². The van der Waals surface area contributed by atoms with E-state index in [2.05, 4.69) is 20.0 Å². The number of carbonyl (C=O) groups excluding carboxylic acids is 2. The Morgan fingerprint density at radius 3 is 2.77 bits per heavy atom. The predicted octanol–water partition coefficient (Wildman–Crippen LogP) is 4.03. The summed E-state index contributed by atoms with van der Waals surface area (Å²) in [5.74, 6) is -0.0595. The molecule has 2 aliphatic heterocycles. The van der Waals surface area contributed by atoms with Crippen molar-refractivity contribution in [2.75, 3.05) is 20.3 Å². The second-order valence-corrected chi connectivity index (χ2v) is 8.49. The van der Waals surface area contributed by atoms with Crippen LogP contribution in [0, 0.1) is 0 Å². The standard InChI is InChI=1S/C17H14ClN3O4.C7H11NO2/c1-24-15-7-12(16-20-9-25-21-16)14(22)6-13(15)17(23)19-8-10-2-4-11(18)5-3-10;9-7-8-4-2-1-3-6(8)5-10-7/h2-7,9,22H,8H2,1H3,(H,19,23);6H,1-5H2/t;6-/m.0/s1. The van der Waals surface area contributed by atoms with Crippen LogP contribution in [0.15, 0.2) is 47.3 Å². The number of benzene rings is 2. The number of hydrogen-bond donors (Lipinski definition) is 2. The fourth-order valence-electron chi connectivity index (χ4n) is 3.93. The molecule has 0 bridgehead atoms. The molecule has 0 unspecified atom stereocenters. The molecule has 1 atom stereocenters. The third kappa shape index (κ3) is 5.83. The number of phenols is 1. The van der Waals surface area contributed by atoms with Gasteiger partial charge < -0.3 is 29.3 Å². The number of ether oxygens (including phenoxy) is 2. The van der Waals surface area contributed by atoms with Crippen LogP contribution in [0.5, 0.6) is 11.5 Å². The van der Waals surface area contributed by atoms with E-state index >= 15 is 0 Å². The van der Waals surface area contributed by atoms with Crippen molar-refractivity contribution < 1.29 is 28.7 Å². The monoisotopic (exact) mass is 500 g/mol. The van der Waals surface area contributed by atoms with Gasteiger partial charge in [0.2, 0.25) is 12.2 Å². The Balaban J connectivity index is 0.000000239. The van der Waals surface area contributed by atoms with Crippen LogP contribution in [0.25, 0.3) is 11.4 Å². The van der Waals surface area contributed by atoms with Gasteiger partial charge in [-0.2, -0.15) is 4.98 Å². The van der Waals surface area contributed by atoms with E-state index in [9.17, 15) is 14.7 Å². The van der Waals surface area contributed by atoms with Crippen molar-refractivity contribution in [1.82, 2.24) is 20.4 Å². The first-order chi connectivity index (χ1) is 17.0. The second-order valence-electron chi connectivity index (χ2n) is 8.05. The number of fused-ring (bicyclic) bond motifs is 1. The van der Waals surface area contributed by atoms with Gasteiger partial charge in [-0.3, -0.25) is 4.79 Å².